The van der Waals surface area contributed by atoms with E-state index in [1.54, 1.807) is 29.2 Å². The highest BCUT2D eigenvalue weighted by atomic mass is 16.6. The molecule has 1 amide bonds. The van der Waals surface area contributed by atoms with Gasteiger partial charge in [0.05, 0.1) is 12.7 Å². The number of hydrogen-bond acceptors (Lipinski definition) is 5. The van der Waals surface area contributed by atoms with Gasteiger partial charge < -0.3 is 19.1 Å². The van der Waals surface area contributed by atoms with Crippen molar-refractivity contribution in [3.63, 3.8) is 0 Å². The molecule has 0 fully saturated rings. The first-order valence-electron chi connectivity index (χ1n) is 8.08. The number of esters is 1. The number of anilines is 1. The van der Waals surface area contributed by atoms with Crippen LogP contribution in [0.25, 0.3) is 0 Å². The largest absolute Gasteiger partial charge is 0.485 e. The average Bonchev–Trinajstić information content (AvgIpc) is 3.09. The maximum absolute atomic E-state index is 12.9. The lowest BCUT2D eigenvalue weighted by Gasteiger charge is -2.29. The van der Waals surface area contributed by atoms with E-state index < -0.39 is 6.10 Å². The van der Waals surface area contributed by atoms with E-state index in [-0.39, 0.29) is 18.5 Å². The summed E-state index contributed by atoms with van der Waals surface area (Å²) in [6.07, 6.45) is 0.0110. The molecule has 0 aliphatic carbocycles. The Bertz CT molecular complexity index is 847. The number of carbonyl (C=O) groups is 2. The first-order chi connectivity index (χ1) is 12.2. The molecule has 2 aliphatic heterocycles. The summed E-state index contributed by atoms with van der Waals surface area (Å²) in [5.41, 5.74) is 2.25. The van der Waals surface area contributed by atoms with Gasteiger partial charge in [0, 0.05) is 12.2 Å². The van der Waals surface area contributed by atoms with Gasteiger partial charge in [0.1, 0.15) is 6.61 Å². The Hall–Kier alpha value is -3.02. The van der Waals surface area contributed by atoms with Crippen molar-refractivity contribution in [1.82, 2.24) is 0 Å². The van der Waals surface area contributed by atoms with Crippen LogP contribution in [0.3, 0.4) is 0 Å². The molecule has 25 heavy (non-hydrogen) atoms. The van der Waals surface area contributed by atoms with Crippen molar-refractivity contribution in [1.29, 1.82) is 0 Å². The summed E-state index contributed by atoms with van der Waals surface area (Å²) in [6, 6.07) is 12.5. The number of benzene rings is 2. The number of amides is 1. The molecule has 6 heteroatoms. The zero-order chi connectivity index (χ0) is 17.4. The summed E-state index contributed by atoms with van der Waals surface area (Å²) in [4.78, 5) is 26.2. The van der Waals surface area contributed by atoms with Crippen LogP contribution in [0.2, 0.25) is 0 Å². The van der Waals surface area contributed by atoms with Crippen LogP contribution in [0, 0.1) is 0 Å². The molecule has 0 unspecified atom stereocenters. The molecular formula is C19H17NO5. The molecule has 1 atom stereocenters. The Labute approximate surface area is 144 Å². The molecule has 2 aliphatic rings. The number of nitrogens with zero attached hydrogens (tertiary/aromatic N) is 1. The third kappa shape index (κ3) is 2.69. The fourth-order valence-corrected chi connectivity index (χ4v) is 3.19. The molecule has 0 saturated heterocycles. The van der Waals surface area contributed by atoms with E-state index in [4.69, 9.17) is 14.2 Å². The molecule has 128 valence electrons. The highest BCUT2D eigenvalue weighted by Crippen LogP contribution is 2.34. The maximum Gasteiger partial charge on any atom is 0.337 e. The van der Waals surface area contributed by atoms with Crippen LogP contribution in [0.5, 0.6) is 11.5 Å². The van der Waals surface area contributed by atoms with E-state index in [9.17, 15) is 9.59 Å². The van der Waals surface area contributed by atoms with Crippen molar-refractivity contribution >= 4 is 17.6 Å². The summed E-state index contributed by atoms with van der Waals surface area (Å²) in [6.45, 7) is 0.738. The van der Waals surface area contributed by atoms with Crippen LogP contribution in [0.4, 0.5) is 5.69 Å². The molecule has 2 aromatic carbocycles. The summed E-state index contributed by atoms with van der Waals surface area (Å²) < 4.78 is 16.2. The van der Waals surface area contributed by atoms with Crippen LogP contribution in [-0.2, 0) is 16.0 Å². The minimum absolute atomic E-state index is 0.140. The highest BCUT2D eigenvalue weighted by Gasteiger charge is 2.34. The Balaban J connectivity index is 1.55. The minimum atomic E-state index is -0.680. The lowest BCUT2D eigenvalue weighted by Crippen LogP contribution is -2.46. The van der Waals surface area contributed by atoms with Gasteiger partial charge in [0.25, 0.3) is 5.91 Å². The van der Waals surface area contributed by atoms with Gasteiger partial charge in [-0.05, 0) is 42.3 Å². The number of para-hydroxylation sites is 2. The van der Waals surface area contributed by atoms with Gasteiger partial charge in [-0.1, -0.05) is 12.1 Å². The van der Waals surface area contributed by atoms with Crippen LogP contribution < -0.4 is 14.4 Å². The third-order valence-electron chi connectivity index (χ3n) is 4.45. The lowest BCUT2D eigenvalue weighted by atomic mass is 10.1. The van der Waals surface area contributed by atoms with E-state index in [2.05, 4.69) is 0 Å². The van der Waals surface area contributed by atoms with Gasteiger partial charge in [0.2, 0.25) is 6.10 Å². The molecule has 0 radical (unpaired) electrons. The maximum atomic E-state index is 12.9. The van der Waals surface area contributed by atoms with Crippen molar-refractivity contribution in [2.45, 2.75) is 12.5 Å². The number of fused-ring (bicyclic) bond motifs is 2. The van der Waals surface area contributed by atoms with Gasteiger partial charge in [-0.3, -0.25) is 4.79 Å². The Morgan fingerprint density at radius 3 is 2.76 bits per heavy atom. The Morgan fingerprint density at radius 2 is 1.96 bits per heavy atom. The summed E-state index contributed by atoms with van der Waals surface area (Å²) >= 11 is 0. The molecule has 0 spiro atoms. The minimum Gasteiger partial charge on any atom is -0.485 e. The van der Waals surface area contributed by atoms with E-state index in [0.717, 1.165) is 11.3 Å². The van der Waals surface area contributed by atoms with Crippen molar-refractivity contribution in [2.75, 3.05) is 25.2 Å². The summed E-state index contributed by atoms with van der Waals surface area (Å²) in [5, 5.41) is 0. The molecule has 0 saturated carbocycles. The van der Waals surface area contributed by atoms with Gasteiger partial charge >= 0.3 is 5.97 Å². The van der Waals surface area contributed by atoms with Gasteiger partial charge in [-0.25, -0.2) is 4.79 Å². The zero-order valence-electron chi connectivity index (χ0n) is 13.7. The second-order valence-corrected chi connectivity index (χ2v) is 5.94. The molecule has 6 nitrogen and oxygen atoms in total. The smallest absolute Gasteiger partial charge is 0.337 e. The molecule has 4 rings (SSSR count). The molecule has 0 aromatic heterocycles. The Morgan fingerprint density at radius 1 is 1.16 bits per heavy atom. The predicted molar refractivity (Wildman–Crippen MR) is 90.2 cm³/mol. The molecule has 2 aromatic rings. The molecule has 0 N–H and O–H groups in total. The fraction of sp³-hybridized carbons (Fsp3) is 0.263. The summed E-state index contributed by atoms with van der Waals surface area (Å²) in [7, 11) is 1.35. The van der Waals surface area contributed by atoms with E-state index in [1.807, 2.05) is 18.2 Å². The van der Waals surface area contributed by atoms with E-state index in [0.29, 0.717) is 30.0 Å². The van der Waals surface area contributed by atoms with Crippen LogP contribution in [0.15, 0.2) is 42.5 Å². The number of ether oxygens (including phenoxy) is 3. The van der Waals surface area contributed by atoms with Crippen molar-refractivity contribution in [3.8, 4) is 11.5 Å². The lowest BCUT2D eigenvalue weighted by molar-refractivity contribution is -0.127. The van der Waals surface area contributed by atoms with Crippen LogP contribution >= 0.6 is 0 Å². The predicted octanol–water partition coefficient (Wildman–Crippen LogP) is 2.20. The standard InChI is InChI=1S/C19H17NO5/c1-23-19(22)13-6-7-14-12(10-13)8-9-20(14)18(21)17-11-24-15-4-2-3-5-16(15)25-17/h2-7,10,17H,8-9,11H2,1H3/t17-/m0/s1. The number of methoxy groups -OCH3 is 1. The second-order valence-electron chi connectivity index (χ2n) is 5.94. The highest BCUT2D eigenvalue weighted by molar-refractivity contribution is 6.00. The number of rotatable bonds is 2. The molecule has 2 heterocycles. The second kappa shape index (κ2) is 6.12. The normalized spacial score (nSPS) is 17.8. The number of hydrogen-bond donors (Lipinski definition) is 0. The van der Waals surface area contributed by atoms with Crippen LogP contribution in [-0.4, -0.2) is 38.2 Å². The quantitative estimate of drug-likeness (QED) is 0.785. The first kappa shape index (κ1) is 15.5. The third-order valence-corrected chi connectivity index (χ3v) is 4.45. The Kier molecular flexibility index (Phi) is 3.80. The van der Waals surface area contributed by atoms with E-state index >= 15 is 0 Å². The van der Waals surface area contributed by atoms with Crippen molar-refractivity contribution < 1.29 is 23.8 Å². The average molecular weight is 339 g/mol. The van der Waals surface area contributed by atoms with Gasteiger partial charge in [0.15, 0.2) is 11.5 Å². The fourth-order valence-electron chi connectivity index (χ4n) is 3.19. The van der Waals surface area contributed by atoms with Gasteiger partial charge in [-0.2, -0.15) is 0 Å². The number of carbonyl (C=O) groups excluding carboxylic acids is 2. The van der Waals surface area contributed by atoms with E-state index in [1.165, 1.54) is 7.11 Å². The monoisotopic (exact) mass is 339 g/mol. The summed E-state index contributed by atoms with van der Waals surface area (Å²) in [5.74, 6) is 0.705. The van der Waals surface area contributed by atoms with Crippen molar-refractivity contribution in [2.24, 2.45) is 0 Å². The SMILES string of the molecule is COC(=O)c1ccc2c(c1)CCN2C(=O)[C@@H]1COc2ccccc2O1. The topological polar surface area (TPSA) is 65.1 Å². The van der Waals surface area contributed by atoms with Gasteiger partial charge in [-0.15, -0.1) is 0 Å². The first-order valence-corrected chi connectivity index (χ1v) is 8.08. The van der Waals surface area contributed by atoms with Crippen molar-refractivity contribution in [3.05, 3.63) is 53.6 Å². The zero-order valence-corrected chi connectivity index (χ0v) is 13.7. The molecule has 0 bridgehead atoms. The molecular weight excluding hydrogens is 322 g/mol. The van der Waals surface area contributed by atoms with Crippen LogP contribution in [0.1, 0.15) is 15.9 Å².